The number of fused-ring (bicyclic) bond motifs is 1. The van der Waals surface area contributed by atoms with Crippen LogP contribution in [0.1, 0.15) is 20.8 Å². The van der Waals surface area contributed by atoms with E-state index in [0.29, 0.717) is 0 Å². The molecule has 0 aliphatic carbocycles. The summed E-state index contributed by atoms with van der Waals surface area (Å²) in [4.78, 5) is 15.2. The van der Waals surface area contributed by atoms with Crippen LogP contribution in [0.3, 0.4) is 0 Å². The Morgan fingerprint density at radius 3 is 2.63 bits per heavy atom. The number of nitrogens with two attached hydrogens (primary N) is 1. The first-order valence-electron chi connectivity index (χ1n) is 6.02. The number of nitrogens with one attached hydrogen (secondary N) is 2. The number of hydrogen-bond donors (Lipinski definition) is 3. The van der Waals surface area contributed by atoms with E-state index in [1.54, 1.807) is 0 Å². The molecule has 1 aromatic carbocycles. The summed E-state index contributed by atoms with van der Waals surface area (Å²) in [6.07, 6.45) is 1.85. The molecule has 0 bridgehead atoms. The van der Waals surface area contributed by atoms with Crippen molar-refractivity contribution in [3.05, 3.63) is 30.5 Å². The Morgan fingerprint density at radius 1 is 1.32 bits per heavy atom. The molecule has 2 aromatic rings. The number of amides is 1. The van der Waals surface area contributed by atoms with Gasteiger partial charge in [-0.15, -0.1) is 12.4 Å². The molecule has 1 aromatic heterocycles. The second-order valence-corrected chi connectivity index (χ2v) is 5.58. The fourth-order valence-electron chi connectivity index (χ4n) is 1.80. The molecule has 104 valence electrons. The van der Waals surface area contributed by atoms with Gasteiger partial charge in [0, 0.05) is 17.1 Å². The first-order valence-corrected chi connectivity index (χ1v) is 6.02. The minimum absolute atomic E-state index is 0. The highest BCUT2D eigenvalue weighted by atomic mass is 35.5. The lowest BCUT2D eigenvalue weighted by molar-refractivity contribution is -0.119. The van der Waals surface area contributed by atoms with Crippen LogP contribution in [0.5, 0.6) is 0 Å². The molecule has 0 aliphatic heterocycles. The summed E-state index contributed by atoms with van der Waals surface area (Å²) in [6, 6.07) is 7.15. The fraction of sp³-hybridized carbons (Fsp3) is 0.357. The number of anilines is 1. The molecule has 2 rings (SSSR count). The summed E-state index contributed by atoms with van der Waals surface area (Å²) >= 11 is 0. The van der Waals surface area contributed by atoms with Crippen LogP contribution in [0.25, 0.3) is 10.9 Å². The van der Waals surface area contributed by atoms with Crippen LogP contribution in [0.15, 0.2) is 30.5 Å². The van der Waals surface area contributed by atoms with Gasteiger partial charge in [-0.2, -0.15) is 0 Å². The smallest absolute Gasteiger partial charge is 0.241 e. The molecule has 4 N–H and O–H groups in total. The predicted octanol–water partition coefficient (Wildman–Crippen LogP) is 2.90. The molecule has 4 nitrogen and oxygen atoms in total. The van der Waals surface area contributed by atoms with Crippen molar-refractivity contribution in [3.8, 4) is 0 Å². The quantitative estimate of drug-likeness (QED) is 0.792. The predicted molar refractivity (Wildman–Crippen MR) is 81.6 cm³/mol. The van der Waals surface area contributed by atoms with Gasteiger partial charge >= 0.3 is 0 Å². The SMILES string of the molecule is CC(C)(C)[C@H](N)C(=O)Nc1cccc2[nH]ccc12.Cl. The van der Waals surface area contributed by atoms with E-state index in [4.69, 9.17) is 5.73 Å². The van der Waals surface area contributed by atoms with Crippen LogP contribution in [-0.2, 0) is 4.79 Å². The molecule has 0 fully saturated rings. The number of halogens is 1. The minimum atomic E-state index is -0.535. The molecule has 0 spiro atoms. The second kappa shape index (κ2) is 5.63. The number of rotatable bonds is 2. The third kappa shape index (κ3) is 3.28. The molecule has 0 saturated heterocycles. The molecular weight excluding hydrogens is 262 g/mol. The minimum Gasteiger partial charge on any atom is -0.361 e. The molecule has 1 heterocycles. The molecule has 0 aliphatic rings. The van der Waals surface area contributed by atoms with Gasteiger partial charge < -0.3 is 16.0 Å². The van der Waals surface area contributed by atoms with Crippen molar-refractivity contribution in [3.63, 3.8) is 0 Å². The van der Waals surface area contributed by atoms with E-state index in [9.17, 15) is 4.79 Å². The van der Waals surface area contributed by atoms with Gasteiger partial charge in [-0.05, 0) is 23.6 Å². The lowest BCUT2D eigenvalue weighted by atomic mass is 9.87. The second-order valence-electron chi connectivity index (χ2n) is 5.58. The Labute approximate surface area is 119 Å². The highest BCUT2D eigenvalue weighted by Crippen LogP contribution is 2.24. The largest absolute Gasteiger partial charge is 0.361 e. The van der Waals surface area contributed by atoms with Crippen LogP contribution in [-0.4, -0.2) is 16.9 Å². The normalized spacial score (nSPS) is 12.8. The van der Waals surface area contributed by atoms with Gasteiger partial charge in [0.25, 0.3) is 0 Å². The third-order valence-corrected chi connectivity index (χ3v) is 3.07. The van der Waals surface area contributed by atoms with Crippen molar-refractivity contribution in [2.45, 2.75) is 26.8 Å². The summed E-state index contributed by atoms with van der Waals surface area (Å²) in [7, 11) is 0. The van der Waals surface area contributed by atoms with Crippen molar-refractivity contribution in [2.24, 2.45) is 11.1 Å². The van der Waals surface area contributed by atoms with E-state index < -0.39 is 6.04 Å². The average molecular weight is 282 g/mol. The first kappa shape index (κ1) is 15.5. The van der Waals surface area contributed by atoms with Crippen LogP contribution >= 0.6 is 12.4 Å². The van der Waals surface area contributed by atoms with Crippen LogP contribution < -0.4 is 11.1 Å². The van der Waals surface area contributed by atoms with Gasteiger partial charge in [-0.3, -0.25) is 4.79 Å². The fourth-order valence-corrected chi connectivity index (χ4v) is 1.80. The summed E-state index contributed by atoms with van der Waals surface area (Å²) in [6.45, 7) is 5.86. The van der Waals surface area contributed by atoms with Crippen molar-refractivity contribution >= 4 is 34.9 Å². The Kier molecular flexibility index (Phi) is 4.61. The van der Waals surface area contributed by atoms with Gasteiger partial charge in [-0.25, -0.2) is 0 Å². The molecule has 1 amide bonds. The lowest BCUT2D eigenvalue weighted by Gasteiger charge is -2.25. The van der Waals surface area contributed by atoms with E-state index in [1.807, 2.05) is 51.2 Å². The zero-order chi connectivity index (χ0) is 13.3. The molecule has 0 unspecified atom stereocenters. The molecule has 1 atom stereocenters. The Balaban J connectivity index is 0.00000180. The number of aromatic nitrogens is 1. The van der Waals surface area contributed by atoms with Gasteiger partial charge in [0.2, 0.25) is 5.91 Å². The van der Waals surface area contributed by atoms with Gasteiger partial charge in [0.05, 0.1) is 11.7 Å². The maximum Gasteiger partial charge on any atom is 0.241 e. The van der Waals surface area contributed by atoms with Crippen molar-refractivity contribution in [1.82, 2.24) is 4.98 Å². The number of aromatic amines is 1. The Morgan fingerprint density at radius 2 is 2.00 bits per heavy atom. The van der Waals surface area contributed by atoms with Crippen LogP contribution in [0.2, 0.25) is 0 Å². The van der Waals surface area contributed by atoms with Crippen molar-refractivity contribution in [2.75, 3.05) is 5.32 Å². The molecule has 0 saturated carbocycles. The maximum atomic E-state index is 12.1. The average Bonchev–Trinajstić information content (AvgIpc) is 2.75. The number of carbonyl (C=O) groups excluding carboxylic acids is 1. The summed E-state index contributed by atoms with van der Waals surface area (Å²) in [5, 5.41) is 3.89. The van der Waals surface area contributed by atoms with Crippen LogP contribution in [0, 0.1) is 5.41 Å². The topological polar surface area (TPSA) is 70.9 Å². The number of benzene rings is 1. The standard InChI is InChI=1S/C14H19N3O.ClH/c1-14(2,3)12(15)13(18)17-11-6-4-5-10-9(11)7-8-16-10;/h4-8,12,16H,15H2,1-3H3,(H,17,18);1H/t12-;/m1./s1. The number of H-pyrrole nitrogens is 1. The van der Waals surface area contributed by atoms with E-state index in [1.165, 1.54) is 0 Å². The van der Waals surface area contributed by atoms with Crippen molar-refractivity contribution in [1.29, 1.82) is 0 Å². The molecular formula is C14H20ClN3O. The zero-order valence-electron chi connectivity index (χ0n) is 11.4. The molecule has 5 heteroatoms. The lowest BCUT2D eigenvalue weighted by Crippen LogP contribution is -2.45. The van der Waals surface area contributed by atoms with E-state index in [-0.39, 0.29) is 23.7 Å². The Bertz CT molecular complexity index is 571. The highest BCUT2D eigenvalue weighted by molar-refractivity contribution is 6.03. The zero-order valence-corrected chi connectivity index (χ0v) is 12.2. The highest BCUT2D eigenvalue weighted by Gasteiger charge is 2.27. The Hall–Kier alpha value is -1.52. The van der Waals surface area contributed by atoms with Gasteiger partial charge in [-0.1, -0.05) is 26.8 Å². The van der Waals surface area contributed by atoms with Gasteiger partial charge in [0.15, 0.2) is 0 Å². The van der Waals surface area contributed by atoms with E-state index in [2.05, 4.69) is 10.3 Å². The van der Waals surface area contributed by atoms with Gasteiger partial charge in [0.1, 0.15) is 0 Å². The van der Waals surface area contributed by atoms with Crippen LogP contribution in [0.4, 0.5) is 5.69 Å². The summed E-state index contributed by atoms with van der Waals surface area (Å²) in [5.74, 6) is -0.156. The monoisotopic (exact) mass is 281 g/mol. The maximum absolute atomic E-state index is 12.1. The number of carbonyl (C=O) groups is 1. The first-order chi connectivity index (χ1) is 8.39. The molecule has 19 heavy (non-hydrogen) atoms. The van der Waals surface area contributed by atoms with Crippen molar-refractivity contribution < 1.29 is 4.79 Å². The van der Waals surface area contributed by atoms with E-state index >= 15 is 0 Å². The summed E-state index contributed by atoms with van der Waals surface area (Å²) in [5.41, 5.74) is 7.48. The molecule has 0 radical (unpaired) electrons. The van der Waals surface area contributed by atoms with E-state index in [0.717, 1.165) is 16.6 Å². The number of hydrogen-bond acceptors (Lipinski definition) is 2. The summed E-state index contributed by atoms with van der Waals surface area (Å²) < 4.78 is 0. The third-order valence-electron chi connectivity index (χ3n) is 3.07.